The Bertz CT molecular complexity index is 411. The molecule has 1 saturated carbocycles. The minimum Gasteiger partial charge on any atom is -0.351 e. The smallest absolute Gasteiger partial charge is 0.291 e. The van der Waals surface area contributed by atoms with Gasteiger partial charge < -0.3 is 23.7 Å². The molecule has 2 aliphatic heterocycles. The summed E-state index contributed by atoms with van der Waals surface area (Å²) in [7, 11) is 4.42. The Morgan fingerprint density at radius 3 is 2.47 bits per heavy atom. The largest absolute Gasteiger partial charge is 0.351 e. The lowest BCUT2D eigenvalue weighted by atomic mass is 9.90. The molecule has 108 valence electrons. The van der Waals surface area contributed by atoms with Crippen molar-refractivity contribution >= 4 is 17.4 Å². The Morgan fingerprint density at radius 1 is 1.21 bits per heavy atom. The van der Waals surface area contributed by atoms with Gasteiger partial charge in [-0.15, -0.1) is 11.6 Å². The zero-order chi connectivity index (χ0) is 13.9. The number of methoxy groups -OCH3 is 3. The number of hydrogen-bond donors (Lipinski definition) is 0. The van der Waals surface area contributed by atoms with E-state index >= 15 is 0 Å². The van der Waals surface area contributed by atoms with E-state index in [1.807, 2.05) is 0 Å². The first-order valence-corrected chi connectivity index (χ1v) is 6.53. The molecule has 0 spiro atoms. The summed E-state index contributed by atoms with van der Waals surface area (Å²) in [5.74, 6) is -3.33. The summed E-state index contributed by atoms with van der Waals surface area (Å²) in [5, 5.41) is 0. The summed E-state index contributed by atoms with van der Waals surface area (Å²) in [5.41, 5.74) is 0. The number of ether oxygens (including phenoxy) is 5. The predicted molar refractivity (Wildman–Crippen MR) is 63.6 cm³/mol. The van der Waals surface area contributed by atoms with E-state index in [9.17, 15) is 4.79 Å². The first-order valence-electron chi connectivity index (χ1n) is 6.15. The number of Topliss-reactive ketones (excluding diaryl/α,β-unsaturated/α-hetero) is 1. The first-order chi connectivity index (χ1) is 8.99. The molecule has 0 radical (unpaired) electrons. The van der Waals surface area contributed by atoms with Crippen LogP contribution in [0, 0.1) is 11.8 Å². The van der Waals surface area contributed by atoms with E-state index in [1.54, 1.807) is 0 Å². The number of fused-ring (bicyclic) bond motifs is 1. The van der Waals surface area contributed by atoms with Crippen molar-refractivity contribution < 1.29 is 28.5 Å². The van der Waals surface area contributed by atoms with Crippen LogP contribution in [0.3, 0.4) is 0 Å². The number of rotatable bonds is 3. The second-order valence-electron chi connectivity index (χ2n) is 5.15. The van der Waals surface area contributed by atoms with Gasteiger partial charge in [0.1, 0.15) is 12.5 Å². The number of hydrogen-bond acceptors (Lipinski definition) is 6. The second-order valence-corrected chi connectivity index (χ2v) is 5.79. The molecule has 4 atom stereocenters. The van der Waals surface area contributed by atoms with E-state index in [0.717, 1.165) is 0 Å². The minimum atomic E-state index is -1.33. The molecule has 0 aromatic heterocycles. The Balaban J connectivity index is 2.20. The van der Waals surface area contributed by atoms with Crippen molar-refractivity contribution in [3.63, 3.8) is 0 Å². The average molecular weight is 293 g/mol. The molecule has 7 heteroatoms. The first kappa shape index (κ1) is 13.7. The lowest BCUT2D eigenvalue weighted by Gasteiger charge is -2.42. The molecule has 3 aliphatic rings. The van der Waals surface area contributed by atoms with E-state index in [1.165, 1.54) is 21.3 Å². The van der Waals surface area contributed by atoms with E-state index < -0.39 is 22.6 Å². The highest BCUT2D eigenvalue weighted by Crippen LogP contribution is 2.62. The van der Waals surface area contributed by atoms with Crippen LogP contribution in [0.25, 0.3) is 0 Å². The fraction of sp³-hybridized carbons (Fsp3) is 0.917. The Kier molecular flexibility index (Phi) is 2.98. The van der Waals surface area contributed by atoms with Crippen molar-refractivity contribution in [3.05, 3.63) is 0 Å². The van der Waals surface area contributed by atoms with Gasteiger partial charge >= 0.3 is 0 Å². The van der Waals surface area contributed by atoms with Crippen molar-refractivity contribution in [2.24, 2.45) is 11.8 Å². The fourth-order valence-electron chi connectivity index (χ4n) is 3.79. The van der Waals surface area contributed by atoms with Gasteiger partial charge in [-0.05, 0) is 6.42 Å². The van der Waals surface area contributed by atoms with Crippen LogP contribution in [0.5, 0.6) is 0 Å². The third-order valence-corrected chi connectivity index (χ3v) is 5.22. The number of ketones is 1. The minimum absolute atomic E-state index is 0.0124. The van der Waals surface area contributed by atoms with Crippen LogP contribution >= 0.6 is 11.6 Å². The second kappa shape index (κ2) is 4.13. The summed E-state index contributed by atoms with van der Waals surface area (Å²) < 4.78 is 27.8. The SMILES string of the molecule is COC12OCC(=O)C3(Cl)CC(CO1)C2C3(OC)OC. The molecular formula is C12H17ClO6. The molecular weight excluding hydrogens is 276 g/mol. The zero-order valence-corrected chi connectivity index (χ0v) is 11.9. The van der Waals surface area contributed by atoms with Gasteiger partial charge in [0.05, 0.1) is 6.61 Å². The highest BCUT2D eigenvalue weighted by Gasteiger charge is 2.78. The summed E-state index contributed by atoms with van der Waals surface area (Å²) in [6.45, 7) is 0.212. The average Bonchev–Trinajstić information content (AvgIpc) is 2.88. The summed E-state index contributed by atoms with van der Waals surface area (Å²) in [6.07, 6.45) is 0.425. The van der Waals surface area contributed by atoms with Crippen LogP contribution < -0.4 is 0 Å². The molecule has 1 aliphatic carbocycles. The lowest BCUT2D eigenvalue weighted by molar-refractivity contribution is -0.398. The van der Waals surface area contributed by atoms with Gasteiger partial charge in [-0.25, -0.2) is 0 Å². The van der Waals surface area contributed by atoms with Crippen molar-refractivity contribution in [1.82, 2.24) is 0 Å². The number of alkyl halides is 1. The van der Waals surface area contributed by atoms with Crippen molar-refractivity contribution in [2.45, 2.75) is 23.1 Å². The number of carbonyl (C=O) groups is 1. The van der Waals surface area contributed by atoms with E-state index in [0.29, 0.717) is 13.0 Å². The van der Waals surface area contributed by atoms with Crippen LogP contribution in [0.15, 0.2) is 0 Å². The van der Waals surface area contributed by atoms with Gasteiger partial charge in [0.2, 0.25) is 5.79 Å². The summed E-state index contributed by atoms with van der Waals surface area (Å²) in [6, 6.07) is 0. The van der Waals surface area contributed by atoms with Gasteiger partial charge in [0.15, 0.2) is 10.7 Å². The van der Waals surface area contributed by atoms with Gasteiger partial charge in [0.25, 0.3) is 5.97 Å². The third-order valence-electron chi connectivity index (χ3n) is 4.59. The maximum absolute atomic E-state index is 12.4. The topological polar surface area (TPSA) is 63.2 Å². The zero-order valence-electron chi connectivity index (χ0n) is 11.1. The molecule has 2 heterocycles. The van der Waals surface area contributed by atoms with Gasteiger partial charge in [-0.3, -0.25) is 4.79 Å². The van der Waals surface area contributed by atoms with Crippen LogP contribution in [0.2, 0.25) is 0 Å². The lowest BCUT2D eigenvalue weighted by Crippen LogP contribution is -2.60. The van der Waals surface area contributed by atoms with Crippen LogP contribution in [0.4, 0.5) is 0 Å². The van der Waals surface area contributed by atoms with Gasteiger partial charge in [0, 0.05) is 27.2 Å². The van der Waals surface area contributed by atoms with Crippen LogP contribution in [0.1, 0.15) is 6.42 Å². The van der Waals surface area contributed by atoms with Gasteiger partial charge in [-0.2, -0.15) is 0 Å². The number of carbonyl (C=O) groups excluding carboxylic acids is 1. The maximum Gasteiger partial charge on any atom is 0.291 e. The van der Waals surface area contributed by atoms with E-state index in [-0.39, 0.29) is 18.3 Å². The maximum atomic E-state index is 12.4. The molecule has 0 aromatic rings. The predicted octanol–water partition coefficient (Wildman–Crippen LogP) is 0.519. The van der Waals surface area contributed by atoms with Crippen molar-refractivity contribution in [1.29, 1.82) is 0 Å². The van der Waals surface area contributed by atoms with Crippen LogP contribution in [-0.2, 0) is 28.5 Å². The highest BCUT2D eigenvalue weighted by molar-refractivity contribution is 6.36. The monoisotopic (exact) mass is 292 g/mol. The summed E-state index contributed by atoms with van der Waals surface area (Å²) >= 11 is 6.60. The molecule has 0 aromatic carbocycles. The molecule has 4 unspecified atom stereocenters. The summed E-state index contributed by atoms with van der Waals surface area (Å²) in [4.78, 5) is 11.1. The molecule has 3 rings (SSSR count). The fourth-order valence-corrected chi connectivity index (χ4v) is 4.32. The normalized spacial score (nSPS) is 47.5. The van der Waals surface area contributed by atoms with E-state index in [4.69, 9.17) is 35.3 Å². The quantitative estimate of drug-likeness (QED) is 0.558. The Labute approximate surface area is 116 Å². The Hall–Kier alpha value is -0.240. The van der Waals surface area contributed by atoms with E-state index in [2.05, 4.69) is 0 Å². The Morgan fingerprint density at radius 2 is 1.89 bits per heavy atom. The molecule has 19 heavy (non-hydrogen) atoms. The molecule has 0 N–H and O–H groups in total. The highest BCUT2D eigenvalue weighted by atomic mass is 35.5. The van der Waals surface area contributed by atoms with Crippen LogP contribution in [-0.4, -0.2) is 57.0 Å². The molecule has 2 saturated heterocycles. The number of halogens is 1. The van der Waals surface area contributed by atoms with Crippen molar-refractivity contribution in [3.8, 4) is 0 Å². The molecule has 3 fully saturated rings. The molecule has 0 amide bonds. The third kappa shape index (κ3) is 1.37. The standard InChI is InChI=1S/C12H17ClO6/c1-15-11(16-2)9-7-4-10(11,13)8(14)6-19-12(9,17-3)18-5-7/h7,9H,4-6H2,1-3H3. The molecule has 2 bridgehead atoms. The van der Waals surface area contributed by atoms with Gasteiger partial charge in [-0.1, -0.05) is 0 Å². The molecule has 6 nitrogen and oxygen atoms in total. The van der Waals surface area contributed by atoms with Crippen molar-refractivity contribution in [2.75, 3.05) is 34.5 Å².